The van der Waals surface area contributed by atoms with Crippen molar-refractivity contribution in [1.29, 1.82) is 0 Å². The lowest BCUT2D eigenvalue weighted by Gasteiger charge is -2.17. The van der Waals surface area contributed by atoms with Gasteiger partial charge in [-0.2, -0.15) is 5.10 Å². The molecule has 4 rings (SSSR count). The molecule has 6 heteroatoms. The van der Waals surface area contributed by atoms with Gasteiger partial charge < -0.3 is 9.47 Å². The number of fused-ring (bicyclic) bond motifs is 1. The number of aromatic nitrogens is 4. The van der Waals surface area contributed by atoms with E-state index >= 15 is 0 Å². The summed E-state index contributed by atoms with van der Waals surface area (Å²) in [5.74, 6) is 0.941. The SMILES string of the molecule is CCn1nc(C)c(CCN(C)C(=O)c2nc(-c3ccccc3)n3c2CCCCC3)c1C. The van der Waals surface area contributed by atoms with E-state index < -0.39 is 0 Å². The topological polar surface area (TPSA) is 56.0 Å². The number of rotatable bonds is 6. The highest BCUT2D eigenvalue weighted by molar-refractivity contribution is 5.94. The highest BCUT2D eigenvalue weighted by Crippen LogP contribution is 2.28. The average Bonchev–Trinajstić information content (AvgIpc) is 3.16. The minimum absolute atomic E-state index is 0.0195. The van der Waals surface area contributed by atoms with Crippen molar-refractivity contribution in [2.75, 3.05) is 13.6 Å². The summed E-state index contributed by atoms with van der Waals surface area (Å²) in [5, 5.41) is 4.61. The molecule has 0 atom stereocenters. The lowest BCUT2D eigenvalue weighted by molar-refractivity contribution is 0.0790. The number of carbonyl (C=O) groups is 1. The monoisotopic (exact) mass is 419 g/mol. The molecular weight excluding hydrogens is 386 g/mol. The van der Waals surface area contributed by atoms with Crippen LogP contribution in [0.25, 0.3) is 11.4 Å². The third-order valence-corrected chi connectivity index (χ3v) is 6.48. The first kappa shape index (κ1) is 21.3. The Bertz CT molecular complexity index is 1060. The first-order chi connectivity index (χ1) is 15.0. The first-order valence-corrected chi connectivity index (χ1v) is 11.4. The highest BCUT2D eigenvalue weighted by atomic mass is 16.2. The summed E-state index contributed by atoms with van der Waals surface area (Å²) in [6.07, 6.45) is 5.15. The maximum Gasteiger partial charge on any atom is 0.274 e. The highest BCUT2D eigenvalue weighted by Gasteiger charge is 2.26. The van der Waals surface area contributed by atoms with E-state index in [0.717, 1.165) is 61.5 Å². The summed E-state index contributed by atoms with van der Waals surface area (Å²) in [6.45, 7) is 8.72. The van der Waals surface area contributed by atoms with Crippen molar-refractivity contribution >= 4 is 5.91 Å². The molecule has 0 spiro atoms. The largest absolute Gasteiger partial charge is 0.340 e. The van der Waals surface area contributed by atoms with Gasteiger partial charge in [-0.15, -0.1) is 0 Å². The van der Waals surface area contributed by atoms with Crippen LogP contribution in [-0.2, 0) is 25.9 Å². The van der Waals surface area contributed by atoms with Crippen LogP contribution >= 0.6 is 0 Å². The van der Waals surface area contributed by atoms with Crippen LogP contribution in [0.4, 0.5) is 0 Å². The summed E-state index contributed by atoms with van der Waals surface area (Å²) < 4.78 is 4.32. The quantitative estimate of drug-likeness (QED) is 0.594. The smallest absolute Gasteiger partial charge is 0.274 e. The number of imidazole rings is 1. The Morgan fingerprint density at radius 1 is 1.13 bits per heavy atom. The number of carbonyl (C=O) groups excluding carboxylic acids is 1. The second-order valence-corrected chi connectivity index (χ2v) is 8.50. The fourth-order valence-electron chi connectivity index (χ4n) is 4.66. The van der Waals surface area contributed by atoms with Crippen LogP contribution in [-0.4, -0.2) is 43.7 Å². The minimum atomic E-state index is 0.0195. The van der Waals surface area contributed by atoms with Crippen molar-refractivity contribution < 1.29 is 4.79 Å². The van der Waals surface area contributed by atoms with E-state index in [9.17, 15) is 4.79 Å². The average molecular weight is 420 g/mol. The Morgan fingerprint density at radius 3 is 2.61 bits per heavy atom. The fraction of sp³-hybridized carbons (Fsp3) is 0.480. The Balaban J connectivity index is 1.59. The Labute approximate surface area is 184 Å². The molecule has 0 radical (unpaired) electrons. The fourth-order valence-corrected chi connectivity index (χ4v) is 4.66. The van der Waals surface area contributed by atoms with Crippen LogP contribution in [0, 0.1) is 13.8 Å². The number of hydrogen-bond acceptors (Lipinski definition) is 3. The molecule has 1 aromatic carbocycles. The second-order valence-electron chi connectivity index (χ2n) is 8.50. The van der Waals surface area contributed by atoms with Crippen molar-refractivity contribution in [3.63, 3.8) is 0 Å². The number of amides is 1. The van der Waals surface area contributed by atoms with E-state index in [-0.39, 0.29) is 5.91 Å². The van der Waals surface area contributed by atoms with Gasteiger partial charge in [0.05, 0.1) is 11.4 Å². The Kier molecular flexibility index (Phi) is 6.25. The minimum Gasteiger partial charge on any atom is -0.340 e. The number of benzene rings is 1. The van der Waals surface area contributed by atoms with Crippen LogP contribution in [0.15, 0.2) is 30.3 Å². The zero-order chi connectivity index (χ0) is 22.0. The summed E-state index contributed by atoms with van der Waals surface area (Å²) in [7, 11) is 1.89. The summed E-state index contributed by atoms with van der Waals surface area (Å²) >= 11 is 0. The number of aryl methyl sites for hydroxylation is 2. The van der Waals surface area contributed by atoms with Gasteiger partial charge in [0.2, 0.25) is 0 Å². The van der Waals surface area contributed by atoms with Gasteiger partial charge in [0.25, 0.3) is 5.91 Å². The van der Waals surface area contributed by atoms with Gasteiger partial charge in [-0.3, -0.25) is 9.48 Å². The van der Waals surface area contributed by atoms with Gasteiger partial charge in [-0.25, -0.2) is 4.98 Å². The van der Waals surface area contributed by atoms with E-state index in [1.807, 2.05) is 34.8 Å². The van der Waals surface area contributed by atoms with Gasteiger partial charge in [0, 0.05) is 37.9 Å². The van der Waals surface area contributed by atoms with Crippen LogP contribution in [0.5, 0.6) is 0 Å². The molecule has 1 aliphatic heterocycles. The van der Waals surface area contributed by atoms with Gasteiger partial charge in [0.15, 0.2) is 0 Å². The van der Waals surface area contributed by atoms with Gasteiger partial charge >= 0.3 is 0 Å². The summed E-state index contributed by atoms with van der Waals surface area (Å²) in [4.78, 5) is 20.2. The van der Waals surface area contributed by atoms with Gasteiger partial charge in [0.1, 0.15) is 11.5 Å². The molecule has 0 N–H and O–H groups in total. The molecule has 0 saturated carbocycles. The normalized spacial score (nSPS) is 13.7. The Hall–Kier alpha value is -2.89. The van der Waals surface area contributed by atoms with Crippen molar-refractivity contribution in [1.82, 2.24) is 24.2 Å². The standard InChI is InChI=1S/C25H33N5O/c1-5-30-19(3)21(18(2)27-30)15-17-28(4)25(31)23-22-14-10-7-11-16-29(22)24(26-23)20-12-8-6-9-13-20/h6,8-9,12-13H,5,7,10-11,14-17H2,1-4H3. The van der Waals surface area contributed by atoms with Crippen molar-refractivity contribution in [3.05, 3.63) is 58.7 Å². The zero-order valence-electron chi connectivity index (χ0n) is 19.2. The number of hydrogen-bond donors (Lipinski definition) is 0. The first-order valence-electron chi connectivity index (χ1n) is 11.4. The lowest BCUT2D eigenvalue weighted by atomic mass is 10.1. The van der Waals surface area contributed by atoms with E-state index in [4.69, 9.17) is 4.98 Å². The molecule has 0 aliphatic carbocycles. The molecule has 0 saturated heterocycles. The molecule has 3 heterocycles. The third kappa shape index (κ3) is 4.16. The van der Waals surface area contributed by atoms with E-state index in [1.165, 1.54) is 17.7 Å². The molecule has 164 valence electrons. The Morgan fingerprint density at radius 2 is 1.90 bits per heavy atom. The third-order valence-electron chi connectivity index (χ3n) is 6.48. The molecule has 31 heavy (non-hydrogen) atoms. The maximum atomic E-state index is 13.5. The molecule has 0 bridgehead atoms. The van der Waals surface area contributed by atoms with Gasteiger partial charge in [-0.05, 0) is 52.0 Å². The molecule has 1 amide bonds. The lowest BCUT2D eigenvalue weighted by Crippen LogP contribution is -2.30. The van der Waals surface area contributed by atoms with Crippen molar-refractivity contribution in [2.24, 2.45) is 0 Å². The van der Waals surface area contributed by atoms with Crippen LogP contribution in [0.1, 0.15) is 59.3 Å². The van der Waals surface area contributed by atoms with Crippen molar-refractivity contribution in [2.45, 2.75) is 66.0 Å². The molecule has 0 fully saturated rings. The second kappa shape index (κ2) is 9.08. The van der Waals surface area contributed by atoms with Gasteiger partial charge in [-0.1, -0.05) is 36.8 Å². The molecule has 6 nitrogen and oxygen atoms in total. The molecular formula is C25H33N5O. The van der Waals surface area contributed by atoms with Crippen molar-refractivity contribution in [3.8, 4) is 11.4 Å². The molecule has 0 unspecified atom stereocenters. The van der Waals surface area contributed by atoms with E-state index in [1.54, 1.807) is 0 Å². The van der Waals surface area contributed by atoms with E-state index in [2.05, 4.69) is 42.6 Å². The predicted molar refractivity (Wildman–Crippen MR) is 123 cm³/mol. The predicted octanol–water partition coefficient (Wildman–Crippen LogP) is 4.42. The van der Waals surface area contributed by atoms with Crippen LogP contribution in [0.2, 0.25) is 0 Å². The summed E-state index contributed by atoms with van der Waals surface area (Å²) in [6, 6.07) is 10.2. The summed E-state index contributed by atoms with van der Waals surface area (Å²) in [5.41, 5.74) is 6.30. The number of likely N-dealkylation sites (N-methyl/N-ethyl adjacent to an activating group) is 1. The van der Waals surface area contributed by atoms with Crippen LogP contribution in [0.3, 0.4) is 0 Å². The molecule has 3 aromatic rings. The zero-order valence-corrected chi connectivity index (χ0v) is 19.2. The van der Waals surface area contributed by atoms with Crippen LogP contribution < -0.4 is 0 Å². The molecule has 2 aromatic heterocycles. The van der Waals surface area contributed by atoms with E-state index in [0.29, 0.717) is 12.2 Å². The number of nitrogens with zero attached hydrogens (tertiary/aromatic N) is 5. The molecule has 1 aliphatic rings. The maximum absolute atomic E-state index is 13.5.